The molecule has 0 aliphatic carbocycles. The summed E-state index contributed by atoms with van der Waals surface area (Å²) in [7, 11) is -4.07. The number of nitrogens with one attached hydrogen (secondary N) is 1. The number of benzene rings is 2. The number of primary amides is 1. The largest absolute Gasteiger partial charge is 0.506 e. The number of para-hydroxylation sites is 1. The van der Waals surface area contributed by atoms with E-state index in [-0.39, 0.29) is 33.6 Å². The van der Waals surface area contributed by atoms with Gasteiger partial charge in [0, 0.05) is 18.0 Å². The summed E-state index contributed by atoms with van der Waals surface area (Å²) in [5, 5.41) is 14.3. The first-order valence-electron chi connectivity index (χ1n) is 10.7. The highest BCUT2D eigenvalue weighted by Gasteiger charge is 2.29. The van der Waals surface area contributed by atoms with Crippen LogP contribution in [0.1, 0.15) is 31.4 Å². The maximum Gasteiger partial charge on any atom is 0.286 e. The van der Waals surface area contributed by atoms with Gasteiger partial charge >= 0.3 is 0 Å². The van der Waals surface area contributed by atoms with Crippen LogP contribution in [0.25, 0.3) is 17.0 Å². The van der Waals surface area contributed by atoms with Crippen LogP contribution in [0.3, 0.4) is 0 Å². The smallest absolute Gasteiger partial charge is 0.286 e. The van der Waals surface area contributed by atoms with Crippen molar-refractivity contribution in [2.24, 2.45) is 16.0 Å². The summed E-state index contributed by atoms with van der Waals surface area (Å²) < 4.78 is 30.8. The predicted molar refractivity (Wildman–Crippen MR) is 131 cm³/mol. The summed E-state index contributed by atoms with van der Waals surface area (Å²) in [6.45, 7) is 4.37. The topological polar surface area (TPSA) is 144 Å². The third-order valence-electron chi connectivity index (χ3n) is 5.50. The van der Waals surface area contributed by atoms with Gasteiger partial charge in [0.1, 0.15) is 16.2 Å². The number of carbonyl (C=O) groups is 1. The number of pyridine rings is 1. The number of nitrogens with two attached hydrogens (primary N) is 1. The molecule has 1 aliphatic rings. The van der Waals surface area contributed by atoms with Gasteiger partial charge < -0.3 is 20.7 Å². The van der Waals surface area contributed by atoms with Crippen LogP contribution in [0.15, 0.2) is 62.6 Å². The Labute approximate surface area is 196 Å². The van der Waals surface area contributed by atoms with E-state index < -0.39 is 21.5 Å². The molecule has 4 rings (SSSR count). The highest BCUT2D eigenvalue weighted by Crippen LogP contribution is 2.32. The number of carbonyl (C=O) groups excluding carboxylic acids is 1. The fourth-order valence-electron chi connectivity index (χ4n) is 3.78. The van der Waals surface area contributed by atoms with Crippen LogP contribution in [-0.2, 0) is 21.4 Å². The molecule has 3 aromatic rings. The van der Waals surface area contributed by atoms with Gasteiger partial charge in [0.25, 0.3) is 15.6 Å². The Morgan fingerprint density at radius 3 is 2.68 bits per heavy atom. The summed E-state index contributed by atoms with van der Waals surface area (Å²) in [4.78, 5) is 24.7. The Morgan fingerprint density at radius 2 is 1.97 bits per heavy atom. The molecule has 34 heavy (non-hydrogen) atoms. The molecule has 0 atom stereocenters. The summed E-state index contributed by atoms with van der Waals surface area (Å²) in [6.07, 6.45) is 3.39. The van der Waals surface area contributed by atoms with Crippen molar-refractivity contribution in [1.82, 2.24) is 4.57 Å². The maximum absolute atomic E-state index is 13.6. The van der Waals surface area contributed by atoms with Crippen molar-refractivity contribution in [3.05, 3.63) is 70.0 Å². The molecular weight excluding hydrogens is 456 g/mol. The summed E-state index contributed by atoms with van der Waals surface area (Å²) in [5.41, 5.74) is 5.70. The highest BCUT2D eigenvalue weighted by molar-refractivity contribution is 7.90. The molecule has 176 valence electrons. The van der Waals surface area contributed by atoms with E-state index in [4.69, 9.17) is 5.73 Å². The molecule has 2 aromatic carbocycles. The molecule has 0 spiro atoms. The molecule has 0 saturated heterocycles. The minimum atomic E-state index is -4.07. The van der Waals surface area contributed by atoms with Gasteiger partial charge in [-0.1, -0.05) is 32.0 Å². The fraction of sp³-hybridized carbons (Fsp3) is 0.208. The number of fused-ring (bicyclic) bond motifs is 2. The summed E-state index contributed by atoms with van der Waals surface area (Å²) in [5.74, 6) is -0.945. The van der Waals surface area contributed by atoms with Crippen molar-refractivity contribution in [2.75, 3.05) is 5.32 Å². The number of amides is 1. The van der Waals surface area contributed by atoms with Crippen molar-refractivity contribution in [3.63, 3.8) is 0 Å². The second-order valence-corrected chi connectivity index (χ2v) is 9.98. The van der Waals surface area contributed by atoms with Crippen molar-refractivity contribution < 1.29 is 18.3 Å². The molecule has 9 nitrogen and oxygen atoms in total. The molecule has 1 aromatic heterocycles. The molecule has 0 radical (unpaired) electrons. The van der Waals surface area contributed by atoms with E-state index in [1.165, 1.54) is 22.8 Å². The van der Waals surface area contributed by atoms with Crippen LogP contribution in [-0.4, -0.2) is 29.8 Å². The van der Waals surface area contributed by atoms with Gasteiger partial charge in [-0.2, -0.15) is 8.42 Å². The van der Waals surface area contributed by atoms with E-state index in [0.29, 0.717) is 29.4 Å². The number of sulfonamides is 1. The van der Waals surface area contributed by atoms with E-state index in [0.717, 1.165) is 0 Å². The van der Waals surface area contributed by atoms with Gasteiger partial charge in [-0.3, -0.25) is 9.59 Å². The number of hydrogen-bond acceptors (Lipinski definition) is 6. The minimum Gasteiger partial charge on any atom is -0.506 e. The predicted octanol–water partition coefficient (Wildman–Crippen LogP) is 2.81. The number of nitrogens with zero attached hydrogens (tertiary/aromatic N) is 2. The lowest BCUT2D eigenvalue weighted by molar-refractivity contribution is -0.113. The highest BCUT2D eigenvalue weighted by atomic mass is 32.2. The fourth-order valence-corrected chi connectivity index (χ4v) is 4.90. The lowest BCUT2D eigenvalue weighted by Crippen LogP contribution is -2.33. The van der Waals surface area contributed by atoms with Gasteiger partial charge in [0.2, 0.25) is 5.91 Å². The number of aromatic nitrogens is 1. The van der Waals surface area contributed by atoms with Crippen LogP contribution in [0.5, 0.6) is 5.75 Å². The first kappa shape index (κ1) is 23.2. The Kier molecular flexibility index (Phi) is 6.01. The average Bonchev–Trinajstić information content (AvgIpc) is 2.77. The van der Waals surface area contributed by atoms with Crippen molar-refractivity contribution >= 4 is 44.4 Å². The quantitative estimate of drug-likeness (QED) is 0.463. The third-order valence-corrected chi connectivity index (χ3v) is 6.83. The molecule has 0 fully saturated rings. The molecule has 0 saturated carbocycles. The van der Waals surface area contributed by atoms with E-state index in [1.54, 1.807) is 36.4 Å². The molecule has 4 N–H and O–H groups in total. The number of anilines is 1. The minimum absolute atomic E-state index is 0.00922. The Hall–Kier alpha value is -3.92. The lowest BCUT2D eigenvalue weighted by Gasteiger charge is -2.21. The van der Waals surface area contributed by atoms with Gasteiger partial charge in [-0.05, 0) is 48.2 Å². The normalized spacial score (nSPS) is 14.7. The van der Waals surface area contributed by atoms with Crippen LogP contribution < -0.4 is 16.6 Å². The second kappa shape index (κ2) is 8.79. The molecule has 1 amide bonds. The molecule has 10 heteroatoms. The van der Waals surface area contributed by atoms with Crippen LogP contribution in [0.2, 0.25) is 0 Å². The van der Waals surface area contributed by atoms with Gasteiger partial charge in [-0.25, -0.2) is 0 Å². The maximum atomic E-state index is 13.6. The van der Waals surface area contributed by atoms with Gasteiger partial charge in [0.15, 0.2) is 5.84 Å². The van der Waals surface area contributed by atoms with Crippen LogP contribution >= 0.6 is 0 Å². The number of amidine groups is 1. The third kappa shape index (κ3) is 4.32. The number of hydrogen-bond donors (Lipinski definition) is 3. The zero-order valence-corrected chi connectivity index (χ0v) is 19.5. The Bertz CT molecular complexity index is 1530. The molecule has 2 heterocycles. The zero-order valence-electron chi connectivity index (χ0n) is 18.6. The Balaban J connectivity index is 1.97. The van der Waals surface area contributed by atoms with Crippen molar-refractivity contribution in [3.8, 4) is 5.75 Å². The molecule has 0 bridgehead atoms. The average molecular weight is 481 g/mol. The SMILES string of the molecule is CC(C)CCn1c(=O)c(C2=NS(=O)(=O)c3ccccc3N2)c(O)c2ccc(/C=C/C(N)=O)cc21. The first-order chi connectivity index (χ1) is 16.1. The zero-order chi connectivity index (χ0) is 24.6. The summed E-state index contributed by atoms with van der Waals surface area (Å²) in [6, 6.07) is 11.1. The second-order valence-electron chi connectivity index (χ2n) is 8.41. The van der Waals surface area contributed by atoms with Crippen LogP contribution in [0, 0.1) is 5.92 Å². The Morgan fingerprint density at radius 1 is 1.24 bits per heavy atom. The molecule has 1 aliphatic heterocycles. The van der Waals surface area contributed by atoms with Crippen molar-refractivity contribution in [1.29, 1.82) is 0 Å². The van der Waals surface area contributed by atoms with E-state index in [1.807, 2.05) is 13.8 Å². The molecular formula is C24H24N4O5S. The van der Waals surface area contributed by atoms with Crippen LogP contribution in [0.4, 0.5) is 5.69 Å². The summed E-state index contributed by atoms with van der Waals surface area (Å²) >= 11 is 0. The van der Waals surface area contributed by atoms with Gasteiger partial charge in [0.05, 0.1) is 11.2 Å². The molecule has 0 unspecified atom stereocenters. The number of aromatic hydroxyl groups is 1. The lowest BCUT2D eigenvalue weighted by atomic mass is 10.0. The number of aryl methyl sites for hydroxylation is 1. The number of rotatable bonds is 6. The van der Waals surface area contributed by atoms with E-state index in [9.17, 15) is 23.1 Å². The first-order valence-corrected chi connectivity index (χ1v) is 12.1. The van der Waals surface area contributed by atoms with Gasteiger partial charge in [-0.15, -0.1) is 4.40 Å². The van der Waals surface area contributed by atoms with Crippen molar-refractivity contribution in [2.45, 2.75) is 31.7 Å². The monoisotopic (exact) mass is 480 g/mol. The van der Waals surface area contributed by atoms with E-state index in [2.05, 4.69) is 9.71 Å². The standard InChI is InChI=1S/C24H24N4O5S/c1-14(2)11-12-28-18-13-15(8-10-20(25)29)7-9-16(18)22(30)21(24(28)31)23-26-17-5-3-4-6-19(17)34(32,33)27-23/h3-10,13-14,30H,11-12H2,1-2H3,(H2,25,29)(H,26,27)/b10-8+. The van der Waals surface area contributed by atoms with E-state index >= 15 is 0 Å².